The number of anilines is 2. The van der Waals surface area contributed by atoms with Gasteiger partial charge in [-0.25, -0.2) is 4.79 Å². The first-order chi connectivity index (χ1) is 16.9. The van der Waals surface area contributed by atoms with E-state index in [0.29, 0.717) is 29.2 Å². The SMILES string of the molecule is Cc1ccc(N2C(=O)C(CN[C@H](C)c3cccc4ccccc34)Oc3ccccc32)cc1C(=O)O.Cl. The van der Waals surface area contributed by atoms with E-state index in [1.54, 1.807) is 36.1 Å². The van der Waals surface area contributed by atoms with Crippen LogP contribution in [0.1, 0.15) is 34.5 Å². The van der Waals surface area contributed by atoms with Gasteiger partial charge in [-0.3, -0.25) is 9.69 Å². The summed E-state index contributed by atoms with van der Waals surface area (Å²) in [6.45, 7) is 4.11. The molecule has 1 aliphatic rings. The molecule has 2 N–H and O–H groups in total. The summed E-state index contributed by atoms with van der Waals surface area (Å²) in [6.07, 6.45) is -0.767. The highest BCUT2D eigenvalue weighted by Crippen LogP contribution is 2.39. The van der Waals surface area contributed by atoms with Crippen LogP contribution in [0.3, 0.4) is 0 Å². The third kappa shape index (κ3) is 4.65. The van der Waals surface area contributed by atoms with Crippen LogP contribution in [0.2, 0.25) is 0 Å². The number of carbonyl (C=O) groups excluding carboxylic acids is 1. The minimum absolute atomic E-state index is 0. The molecule has 1 unspecified atom stereocenters. The third-order valence-electron chi connectivity index (χ3n) is 6.48. The van der Waals surface area contributed by atoms with Gasteiger partial charge >= 0.3 is 5.97 Å². The second-order valence-corrected chi connectivity index (χ2v) is 8.75. The molecular weight excluding hydrogens is 476 g/mol. The number of ether oxygens (including phenoxy) is 1. The lowest BCUT2D eigenvalue weighted by Gasteiger charge is -2.35. The molecule has 0 aliphatic carbocycles. The van der Waals surface area contributed by atoms with Crippen molar-refractivity contribution in [2.24, 2.45) is 0 Å². The molecule has 0 saturated heterocycles. The fraction of sp³-hybridized carbons (Fsp3) is 0.172. The molecular formula is C29H27ClN2O4. The van der Waals surface area contributed by atoms with Gasteiger partial charge in [0.1, 0.15) is 5.75 Å². The lowest BCUT2D eigenvalue weighted by molar-refractivity contribution is -0.125. The van der Waals surface area contributed by atoms with Crippen LogP contribution >= 0.6 is 12.4 Å². The normalized spacial score (nSPS) is 15.6. The maximum absolute atomic E-state index is 13.6. The number of carbonyl (C=O) groups is 2. The van der Waals surface area contributed by atoms with Gasteiger partial charge in [0.2, 0.25) is 0 Å². The Bertz CT molecular complexity index is 1430. The van der Waals surface area contributed by atoms with E-state index in [-0.39, 0.29) is 29.9 Å². The quantitative estimate of drug-likeness (QED) is 0.336. The Morgan fingerprint density at radius 2 is 1.75 bits per heavy atom. The molecule has 1 heterocycles. The van der Waals surface area contributed by atoms with Gasteiger partial charge in [-0.15, -0.1) is 12.4 Å². The standard InChI is InChI=1S/C29H26N2O4.ClH/c1-18-14-15-21(16-24(18)29(33)34)31-25-12-5-6-13-26(25)35-27(28(31)32)17-30-19(2)22-11-7-9-20-8-3-4-10-23(20)22;/h3-16,19,27,30H,17H2,1-2H3,(H,33,34);1H/t19-,27?;/m1./s1. The number of nitrogens with zero attached hydrogens (tertiary/aromatic N) is 1. The van der Waals surface area contributed by atoms with Crippen LogP contribution in [0.5, 0.6) is 5.75 Å². The molecule has 0 spiro atoms. The van der Waals surface area contributed by atoms with Gasteiger partial charge < -0.3 is 15.2 Å². The number of halogens is 1. The van der Waals surface area contributed by atoms with Crippen LogP contribution in [0.15, 0.2) is 84.9 Å². The van der Waals surface area contributed by atoms with Gasteiger partial charge in [0.15, 0.2) is 6.10 Å². The molecule has 36 heavy (non-hydrogen) atoms. The highest BCUT2D eigenvalue weighted by Gasteiger charge is 2.35. The number of para-hydroxylation sites is 2. The zero-order valence-electron chi connectivity index (χ0n) is 20.0. The lowest BCUT2D eigenvalue weighted by Crippen LogP contribution is -2.48. The van der Waals surface area contributed by atoms with Crippen LogP contribution < -0.4 is 15.0 Å². The number of nitrogens with one attached hydrogen (secondary N) is 1. The van der Waals surface area contributed by atoms with E-state index in [4.69, 9.17) is 4.74 Å². The molecule has 0 saturated carbocycles. The molecule has 7 heteroatoms. The maximum Gasteiger partial charge on any atom is 0.336 e. The van der Waals surface area contributed by atoms with Gasteiger partial charge in [0, 0.05) is 12.6 Å². The summed E-state index contributed by atoms with van der Waals surface area (Å²) >= 11 is 0. The number of hydrogen-bond donors (Lipinski definition) is 2. The number of fused-ring (bicyclic) bond motifs is 2. The molecule has 0 bridgehead atoms. The fourth-order valence-corrected chi connectivity index (χ4v) is 4.60. The molecule has 0 radical (unpaired) electrons. The van der Waals surface area contributed by atoms with E-state index in [1.165, 1.54) is 5.39 Å². The van der Waals surface area contributed by atoms with E-state index in [9.17, 15) is 14.7 Å². The second-order valence-electron chi connectivity index (χ2n) is 8.75. The Balaban J connectivity index is 0.00000304. The molecule has 1 amide bonds. The van der Waals surface area contributed by atoms with Crippen LogP contribution in [-0.4, -0.2) is 29.6 Å². The average Bonchev–Trinajstić information content (AvgIpc) is 2.87. The zero-order chi connectivity index (χ0) is 24.5. The number of benzene rings is 4. The predicted octanol–water partition coefficient (Wildman–Crippen LogP) is 6.04. The fourth-order valence-electron chi connectivity index (χ4n) is 4.60. The average molecular weight is 503 g/mol. The number of hydrogen-bond acceptors (Lipinski definition) is 4. The minimum Gasteiger partial charge on any atom is -0.478 e. The van der Waals surface area contributed by atoms with Crippen molar-refractivity contribution in [1.82, 2.24) is 5.32 Å². The molecule has 4 aromatic carbocycles. The first-order valence-corrected chi connectivity index (χ1v) is 11.6. The Morgan fingerprint density at radius 1 is 1.03 bits per heavy atom. The summed E-state index contributed by atoms with van der Waals surface area (Å²) in [4.78, 5) is 26.9. The van der Waals surface area contributed by atoms with E-state index in [0.717, 1.165) is 10.9 Å². The molecule has 184 valence electrons. The molecule has 2 atom stereocenters. The lowest BCUT2D eigenvalue weighted by atomic mass is 9.99. The Labute approximate surface area is 215 Å². The Hall–Kier alpha value is -3.87. The van der Waals surface area contributed by atoms with Crippen molar-refractivity contribution in [1.29, 1.82) is 0 Å². The van der Waals surface area contributed by atoms with Crippen molar-refractivity contribution >= 4 is 46.4 Å². The van der Waals surface area contributed by atoms with E-state index in [2.05, 4.69) is 36.5 Å². The van der Waals surface area contributed by atoms with E-state index >= 15 is 0 Å². The van der Waals surface area contributed by atoms with Crippen molar-refractivity contribution in [2.45, 2.75) is 26.0 Å². The van der Waals surface area contributed by atoms with Gasteiger partial charge in [-0.1, -0.05) is 60.7 Å². The van der Waals surface area contributed by atoms with Crippen molar-refractivity contribution < 1.29 is 19.4 Å². The number of carboxylic acid groups (broad SMARTS) is 1. The first kappa shape index (κ1) is 25.2. The minimum atomic E-state index is -1.03. The first-order valence-electron chi connectivity index (χ1n) is 11.6. The molecule has 4 aromatic rings. The van der Waals surface area contributed by atoms with Crippen molar-refractivity contribution in [3.63, 3.8) is 0 Å². The summed E-state index contributed by atoms with van der Waals surface area (Å²) in [5, 5.41) is 15.4. The third-order valence-corrected chi connectivity index (χ3v) is 6.48. The second kappa shape index (κ2) is 10.4. The summed E-state index contributed by atoms with van der Waals surface area (Å²) in [5.41, 5.74) is 3.04. The summed E-state index contributed by atoms with van der Waals surface area (Å²) < 4.78 is 6.10. The number of amides is 1. The molecule has 5 rings (SSSR count). The van der Waals surface area contributed by atoms with Crippen LogP contribution in [0, 0.1) is 6.92 Å². The summed E-state index contributed by atoms with van der Waals surface area (Å²) in [5.74, 6) is -0.698. The van der Waals surface area contributed by atoms with Crippen LogP contribution in [0.25, 0.3) is 10.8 Å². The maximum atomic E-state index is 13.6. The molecule has 1 aliphatic heterocycles. The summed E-state index contributed by atoms with van der Waals surface area (Å²) in [6, 6.07) is 26.8. The van der Waals surface area contributed by atoms with Gasteiger partial charge in [-0.05, 0) is 60.0 Å². The van der Waals surface area contributed by atoms with Crippen molar-refractivity contribution in [3.8, 4) is 5.75 Å². The highest BCUT2D eigenvalue weighted by molar-refractivity contribution is 6.07. The number of carboxylic acids is 1. The topological polar surface area (TPSA) is 78.9 Å². The number of aryl methyl sites for hydroxylation is 1. The van der Waals surface area contributed by atoms with Crippen LogP contribution in [-0.2, 0) is 4.79 Å². The Kier molecular flexibility index (Phi) is 7.29. The number of rotatable bonds is 6. The molecule has 6 nitrogen and oxygen atoms in total. The highest BCUT2D eigenvalue weighted by atomic mass is 35.5. The van der Waals surface area contributed by atoms with E-state index < -0.39 is 12.1 Å². The monoisotopic (exact) mass is 502 g/mol. The zero-order valence-corrected chi connectivity index (χ0v) is 20.8. The smallest absolute Gasteiger partial charge is 0.336 e. The van der Waals surface area contributed by atoms with Gasteiger partial charge in [0.25, 0.3) is 5.91 Å². The van der Waals surface area contributed by atoms with Gasteiger partial charge in [-0.2, -0.15) is 0 Å². The summed E-state index contributed by atoms with van der Waals surface area (Å²) in [7, 11) is 0. The van der Waals surface area contributed by atoms with Crippen molar-refractivity contribution in [2.75, 3.05) is 11.4 Å². The number of aromatic carboxylic acids is 1. The van der Waals surface area contributed by atoms with E-state index in [1.807, 2.05) is 36.4 Å². The predicted molar refractivity (Wildman–Crippen MR) is 144 cm³/mol. The molecule has 0 fully saturated rings. The molecule has 0 aromatic heterocycles. The van der Waals surface area contributed by atoms with Crippen molar-refractivity contribution in [3.05, 3.63) is 102 Å². The van der Waals surface area contributed by atoms with Gasteiger partial charge in [0.05, 0.1) is 16.9 Å². The Morgan fingerprint density at radius 3 is 2.56 bits per heavy atom. The van der Waals surface area contributed by atoms with Crippen LogP contribution in [0.4, 0.5) is 11.4 Å². The largest absolute Gasteiger partial charge is 0.478 e.